The average Bonchev–Trinajstić information content (AvgIpc) is 3.38. The number of carbonyl (C=O) groups excluding carboxylic acids is 2. The number of methoxy groups -OCH3 is 1. The van der Waals surface area contributed by atoms with Gasteiger partial charge in [-0.05, 0) is 74.5 Å². The standard InChI is InChI=1S/C34H58N4O8/c1-20-14-34(7,42-11)30(45-31-28(39)26(36(8)9)13-21(2)44-31)23(4)29(40)33(5,6)32(41)43-19-27(37(10)15-20)24-16-38(17-24)18-25-12-22(3)46-35-25/h12,20-21,23-24,26-28,30-31,39H,13-19H2,1-11H3/t20-,21-,23+,26+,27+,28-,30-,31+,34-/m1/s1. The van der Waals surface area contributed by atoms with Crippen molar-refractivity contribution < 1.29 is 38.2 Å². The number of ketones is 1. The molecule has 12 nitrogen and oxygen atoms in total. The first-order valence-electron chi connectivity index (χ1n) is 16.7. The van der Waals surface area contributed by atoms with Gasteiger partial charge in [0.15, 0.2) is 12.1 Å². The van der Waals surface area contributed by atoms with Crippen LogP contribution in [0.5, 0.6) is 0 Å². The first kappa shape index (κ1) is 36.9. The molecule has 3 fully saturated rings. The molecule has 3 aliphatic heterocycles. The fourth-order valence-corrected chi connectivity index (χ4v) is 7.76. The second-order valence-corrected chi connectivity index (χ2v) is 15.2. The van der Waals surface area contributed by atoms with Gasteiger partial charge in [0.05, 0.1) is 23.5 Å². The van der Waals surface area contributed by atoms with Gasteiger partial charge in [-0.2, -0.15) is 0 Å². The van der Waals surface area contributed by atoms with Crippen LogP contribution in [0.1, 0.15) is 65.8 Å². The lowest BCUT2D eigenvalue weighted by atomic mass is 9.74. The Morgan fingerprint density at radius 3 is 2.39 bits per heavy atom. The molecule has 9 atom stereocenters. The van der Waals surface area contributed by atoms with Crippen molar-refractivity contribution in [1.82, 2.24) is 19.9 Å². The summed E-state index contributed by atoms with van der Waals surface area (Å²) < 4.78 is 30.2. The summed E-state index contributed by atoms with van der Waals surface area (Å²) in [5.41, 5.74) is -1.46. The van der Waals surface area contributed by atoms with Gasteiger partial charge in [0.2, 0.25) is 0 Å². The van der Waals surface area contributed by atoms with Crippen LogP contribution < -0.4 is 0 Å². The molecular formula is C34H58N4O8. The van der Waals surface area contributed by atoms with Gasteiger partial charge in [-0.1, -0.05) is 19.0 Å². The number of ether oxygens (including phenoxy) is 4. The molecule has 0 amide bonds. The third-order valence-electron chi connectivity index (χ3n) is 10.5. The topological polar surface area (TPSA) is 127 Å². The van der Waals surface area contributed by atoms with Gasteiger partial charge in [0.1, 0.15) is 23.9 Å². The summed E-state index contributed by atoms with van der Waals surface area (Å²) in [6.45, 7) is 16.3. The SMILES string of the molecule is CO[C@]1(C)C[C@@H](C)CN(C)[C@H](C2CN(Cc3cc(C)on3)C2)COC(=O)C(C)(C)C(=O)[C@H](C)[C@H]1O[C@@H]1O[C@H](C)C[C@H](N(C)C)[C@H]1O. The van der Waals surface area contributed by atoms with E-state index in [2.05, 4.69) is 28.9 Å². The minimum atomic E-state index is -1.43. The number of hydrogen-bond acceptors (Lipinski definition) is 12. The summed E-state index contributed by atoms with van der Waals surface area (Å²) >= 11 is 0. The Hall–Kier alpha value is -1.93. The summed E-state index contributed by atoms with van der Waals surface area (Å²) in [7, 11) is 7.55. The number of aryl methyl sites for hydroxylation is 1. The molecule has 3 saturated heterocycles. The Labute approximate surface area is 275 Å². The Bertz CT molecular complexity index is 1190. The number of esters is 1. The summed E-state index contributed by atoms with van der Waals surface area (Å²) in [4.78, 5) is 34.4. The van der Waals surface area contributed by atoms with E-state index >= 15 is 0 Å². The number of carbonyl (C=O) groups is 2. The normalized spacial score (nSPS) is 37.7. The molecule has 262 valence electrons. The van der Waals surface area contributed by atoms with Gasteiger partial charge in [-0.3, -0.25) is 19.4 Å². The summed E-state index contributed by atoms with van der Waals surface area (Å²) in [6.07, 6.45) is -1.64. The monoisotopic (exact) mass is 650 g/mol. The maximum atomic E-state index is 14.2. The van der Waals surface area contributed by atoms with Crippen molar-refractivity contribution in [2.24, 2.45) is 23.2 Å². The molecule has 46 heavy (non-hydrogen) atoms. The highest BCUT2D eigenvalue weighted by Crippen LogP contribution is 2.38. The second kappa shape index (κ2) is 14.7. The first-order valence-corrected chi connectivity index (χ1v) is 16.7. The van der Waals surface area contributed by atoms with Crippen LogP contribution in [0.3, 0.4) is 0 Å². The number of rotatable bonds is 7. The summed E-state index contributed by atoms with van der Waals surface area (Å²) in [5.74, 6) is -0.419. The minimum absolute atomic E-state index is 0.0261. The molecule has 0 aromatic carbocycles. The average molecular weight is 651 g/mol. The van der Waals surface area contributed by atoms with E-state index in [4.69, 9.17) is 23.5 Å². The zero-order valence-corrected chi connectivity index (χ0v) is 29.8. The van der Waals surface area contributed by atoms with Crippen molar-refractivity contribution in [2.75, 3.05) is 54.5 Å². The minimum Gasteiger partial charge on any atom is -0.463 e. The fraction of sp³-hybridized carbons (Fsp3) is 0.853. The molecule has 1 N–H and O–H groups in total. The van der Waals surface area contributed by atoms with Gasteiger partial charge < -0.3 is 33.5 Å². The number of cyclic esters (lactones) is 1. The number of aliphatic hydroxyl groups is 1. The zero-order chi connectivity index (χ0) is 34.1. The lowest BCUT2D eigenvalue weighted by molar-refractivity contribution is -0.295. The van der Waals surface area contributed by atoms with Gasteiger partial charge >= 0.3 is 5.97 Å². The van der Waals surface area contributed by atoms with Crippen molar-refractivity contribution in [3.05, 3.63) is 17.5 Å². The molecule has 3 aliphatic rings. The van der Waals surface area contributed by atoms with Gasteiger partial charge in [-0.15, -0.1) is 0 Å². The van der Waals surface area contributed by atoms with Gasteiger partial charge in [0, 0.05) is 63.3 Å². The summed E-state index contributed by atoms with van der Waals surface area (Å²) in [6, 6.07) is 1.75. The number of aliphatic hydroxyl groups excluding tert-OH is 1. The van der Waals surface area contributed by atoms with Crippen LogP contribution in [0, 0.1) is 30.1 Å². The van der Waals surface area contributed by atoms with Crippen LogP contribution in [-0.4, -0.2) is 133 Å². The first-order chi connectivity index (χ1) is 21.5. The Kier molecular flexibility index (Phi) is 11.8. The molecule has 0 bridgehead atoms. The van der Waals surface area contributed by atoms with E-state index in [0.717, 1.165) is 31.1 Å². The van der Waals surface area contributed by atoms with E-state index in [1.165, 1.54) is 0 Å². The number of hydrogen-bond donors (Lipinski definition) is 1. The van der Waals surface area contributed by atoms with Gasteiger partial charge in [0.25, 0.3) is 0 Å². The van der Waals surface area contributed by atoms with E-state index in [1.807, 2.05) is 45.8 Å². The van der Waals surface area contributed by atoms with Gasteiger partial charge in [-0.25, -0.2) is 0 Å². The molecular weight excluding hydrogens is 592 g/mol. The highest BCUT2D eigenvalue weighted by molar-refractivity contribution is 6.04. The molecule has 0 aliphatic carbocycles. The van der Waals surface area contributed by atoms with E-state index < -0.39 is 41.4 Å². The third kappa shape index (κ3) is 8.02. The predicted molar refractivity (Wildman–Crippen MR) is 172 cm³/mol. The van der Waals surface area contributed by atoms with Crippen LogP contribution in [0.2, 0.25) is 0 Å². The van der Waals surface area contributed by atoms with E-state index in [9.17, 15) is 14.7 Å². The molecule has 4 heterocycles. The third-order valence-corrected chi connectivity index (χ3v) is 10.5. The number of aromatic nitrogens is 1. The van der Waals surface area contributed by atoms with Crippen molar-refractivity contribution in [3.63, 3.8) is 0 Å². The Balaban J connectivity index is 1.59. The highest BCUT2D eigenvalue weighted by Gasteiger charge is 2.52. The van der Waals surface area contributed by atoms with Crippen molar-refractivity contribution in [2.45, 2.75) is 110 Å². The predicted octanol–water partition coefficient (Wildman–Crippen LogP) is 2.75. The molecule has 0 radical (unpaired) electrons. The fourth-order valence-electron chi connectivity index (χ4n) is 7.76. The zero-order valence-electron chi connectivity index (χ0n) is 29.8. The molecule has 1 aromatic rings. The molecule has 1 aromatic heterocycles. The maximum Gasteiger partial charge on any atom is 0.319 e. The number of Topliss-reactive ketones (excluding diaryl/α,β-unsaturated/α-hetero) is 1. The van der Waals surface area contributed by atoms with Crippen LogP contribution in [0.15, 0.2) is 10.6 Å². The molecule has 12 heteroatoms. The summed E-state index contributed by atoms with van der Waals surface area (Å²) in [5, 5.41) is 15.4. The number of likely N-dealkylation sites (tertiary alicyclic amines) is 1. The molecule has 0 saturated carbocycles. The quantitative estimate of drug-likeness (QED) is 0.344. The Morgan fingerprint density at radius 2 is 1.80 bits per heavy atom. The van der Waals surface area contributed by atoms with Crippen molar-refractivity contribution >= 4 is 11.8 Å². The maximum absolute atomic E-state index is 14.2. The van der Waals surface area contributed by atoms with E-state index in [1.54, 1.807) is 27.9 Å². The number of likely N-dealkylation sites (N-methyl/N-ethyl adjacent to an activating group) is 2. The van der Waals surface area contributed by atoms with Crippen LogP contribution in [-0.2, 0) is 35.1 Å². The van der Waals surface area contributed by atoms with Crippen LogP contribution >= 0.6 is 0 Å². The van der Waals surface area contributed by atoms with Crippen molar-refractivity contribution in [1.29, 1.82) is 0 Å². The lowest BCUT2D eigenvalue weighted by Gasteiger charge is -2.47. The Morgan fingerprint density at radius 1 is 1.13 bits per heavy atom. The van der Waals surface area contributed by atoms with Crippen LogP contribution in [0.25, 0.3) is 0 Å². The van der Waals surface area contributed by atoms with Crippen molar-refractivity contribution in [3.8, 4) is 0 Å². The molecule has 0 unspecified atom stereocenters. The molecule has 4 rings (SSSR count). The lowest BCUT2D eigenvalue weighted by Crippen LogP contribution is -2.59. The second-order valence-electron chi connectivity index (χ2n) is 15.2. The smallest absolute Gasteiger partial charge is 0.319 e. The number of nitrogens with zero attached hydrogens (tertiary/aromatic N) is 4. The van der Waals surface area contributed by atoms with E-state index in [0.29, 0.717) is 19.4 Å². The van der Waals surface area contributed by atoms with E-state index in [-0.39, 0.29) is 42.4 Å². The largest absolute Gasteiger partial charge is 0.463 e. The molecule has 0 spiro atoms. The highest BCUT2D eigenvalue weighted by atomic mass is 16.7. The van der Waals surface area contributed by atoms with Crippen LogP contribution in [0.4, 0.5) is 0 Å².